The molecule has 3 heterocycles. The number of carboxylic acids is 1. The molecule has 0 spiro atoms. The zero-order valence-corrected chi connectivity index (χ0v) is 39.1. The van der Waals surface area contributed by atoms with E-state index in [0.29, 0.717) is 11.1 Å². The third kappa shape index (κ3) is 14.6. The smallest absolute Gasteiger partial charge is 0.305 e. The number of benzene rings is 2. The summed E-state index contributed by atoms with van der Waals surface area (Å²) >= 11 is 0. The highest BCUT2D eigenvalue weighted by atomic mass is 16.4. The maximum Gasteiger partial charge on any atom is 0.305 e. The standard InChI is InChI=1S/C47H62N10O13/c1-24(2)18-32(52-41(64)30-15-16-37(60)50-30)44(67)56-39(25(3)59)46(69)54-33(19-26-10-5-4-6-11-26)42(65)55-35(23-58)47(70)57-17-9-14-36(57)45(68)53-34(21-38(61)62)43(66)51-31(40(48)63)20-27-22-49-29-13-8-7-12-28(27)29/h4-8,10-13,22,24-25,30-36,39,49,58-59H,9,14-21,23H2,1-3H3,(H2,48,63)(H,50,60)(H,51,66)(H,52,64)(H,53,68)(H,54,69)(H,55,65)(H,56,67)(H,61,62)/t25-,30+,31+,32+,33+,34+,35+,36+,39+/m1/s1. The summed E-state index contributed by atoms with van der Waals surface area (Å²) in [4.78, 5) is 136. The van der Waals surface area contributed by atoms with Gasteiger partial charge in [-0.1, -0.05) is 62.4 Å². The molecule has 9 atom stereocenters. The maximum absolute atomic E-state index is 14.1. The van der Waals surface area contributed by atoms with Crippen LogP contribution in [0, 0.1) is 5.92 Å². The average Bonchev–Trinajstić information content (AvgIpc) is 4.09. The Morgan fingerprint density at radius 2 is 1.37 bits per heavy atom. The molecule has 2 aliphatic rings. The molecule has 2 aliphatic heterocycles. The van der Waals surface area contributed by atoms with Crippen LogP contribution in [-0.2, 0) is 60.8 Å². The Hall–Kier alpha value is -7.40. The fourth-order valence-corrected chi connectivity index (χ4v) is 8.39. The van der Waals surface area contributed by atoms with E-state index in [1.165, 1.54) is 6.92 Å². The topological polar surface area (TPSA) is 361 Å². The Morgan fingerprint density at radius 3 is 2.00 bits per heavy atom. The zero-order valence-electron chi connectivity index (χ0n) is 39.1. The number of aromatic nitrogens is 1. The average molecular weight is 975 g/mol. The number of aliphatic hydroxyl groups excluding tert-OH is 2. The Kier molecular flexibility index (Phi) is 18.9. The van der Waals surface area contributed by atoms with E-state index in [4.69, 9.17) is 5.73 Å². The first kappa shape index (κ1) is 53.6. The summed E-state index contributed by atoms with van der Waals surface area (Å²) in [5.74, 6) is -9.11. The van der Waals surface area contributed by atoms with E-state index in [0.717, 1.165) is 15.8 Å². The summed E-state index contributed by atoms with van der Waals surface area (Å²) in [6.07, 6.45) is -0.227. The lowest BCUT2D eigenvalue weighted by Crippen LogP contribution is -2.62. The highest BCUT2D eigenvalue weighted by molar-refractivity contribution is 5.99. The lowest BCUT2D eigenvalue weighted by Gasteiger charge is -2.30. The van der Waals surface area contributed by atoms with Crippen molar-refractivity contribution in [3.8, 4) is 0 Å². The van der Waals surface area contributed by atoms with Gasteiger partial charge in [0.15, 0.2) is 0 Å². The minimum Gasteiger partial charge on any atom is -0.481 e. The van der Waals surface area contributed by atoms with Gasteiger partial charge in [-0.2, -0.15) is 0 Å². The number of carbonyl (C=O) groups excluding carboxylic acids is 9. The monoisotopic (exact) mass is 974 g/mol. The van der Waals surface area contributed by atoms with Gasteiger partial charge in [0.25, 0.3) is 0 Å². The van der Waals surface area contributed by atoms with Crippen molar-refractivity contribution in [3.05, 3.63) is 71.9 Å². The second kappa shape index (κ2) is 24.8. The van der Waals surface area contributed by atoms with Gasteiger partial charge < -0.3 is 68.2 Å². The van der Waals surface area contributed by atoms with E-state index in [-0.39, 0.29) is 63.3 Å². The fraction of sp³-hybridized carbons (Fsp3) is 0.489. The van der Waals surface area contributed by atoms with Gasteiger partial charge in [-0.25, -0.2) is 0 Å². The number of amides is 9. The van der Waals surface area contributed by atoms with E-state index < -0.39 is 121 Å². The number of likely N-dealkylation sites (tertiary alicyclic amines) is 1. The lowest BCUT2D eigenvalue weighted by atomic mass is 10.0. The number of para-hydroxylation sites is 1. The van der Waals surface area contributed by atoms with Crippen LogP contribution in [0.5, 0.6) is 0 Å². The maximum atomic E-state index is 14.1. The number of nitrogens with two attached hydrogens (primary N) is 1. The van der Waals surface area contributed by atoms with Gasteiger partial charge in [0.2, 0.25) is 53.2 Å². The highest BCUT2D eigenvalue weighted by Gasteiger charge is 2.41. The van der Waals surface area contributed by atoms with Crippen molar-refractivity contribution in [3.63, 3.8) is 0 Å². The number of nitrogens with zero attached hydrogens (tertiary/aromatic N) is 1. The second-order valence-corrected chi connectivity index (χ2v) is 17.9. The summed E-state index contributed by atoms with van der Waals surface area (Å²) in [6.45, 7) is 3.81. The third-order valence-corrected chi connectivity index (χ3v) is 12.0. The molecule has 23 heteroatoms. The molecule has 0 bridgehead atoms. The molecule has 2 saturated heterocycles. The molecule has 2 aromatic carbocycles. The number of aliphatic hydroxyl groups is 2. The summed E-state index contributed by atoms with van der Waals surface area (Å²) < 4.78 is 0. The number of hydrogen-bond acceptors (Lipinski definition) is 12. The van der Waals surface area contributed by atoms with Gasteiger partial charge >= 0.3 is 5.97 Å². The van der Waals surface area contributed by atoms with Gasteiger partial charge in [-0.3, -0.25) is 47.9 Å². The number of primary amides is 1. The molecule has 0 aliphatic carbocycles. The minimum absolute atomic E-state index is 0.0407. The molecule has 2 fully saturated rings. The van der Waals surface area contributed by atoms with Crippen molar-refractivity contribution >= 4 is 70.0 Å². The van der Waals surface area contributed by atoms with Gasteiger partial charge in [-0.05, 0) is 55.7 Å². The largest absolute Gasteiger partial charge is 0.481 e. The van der Waals surface area contributed by atoms with E-state index in [9.17, 15) is 63.3 Å². The Balaban J connectivity index is 1.27. The van der Waals surface area contributed by atoms with Gasteiger partial charge in [-0.15, -0.1) is 0 Å². The number of fused-ring (bicyclic) bond motifs is 1. The summed E-state index contributed by atoms with van der Waals surface area (Å²) in [5.41, 5.74) is 7.57. The van der Waals surface area contributed by atoms with Crippen LogP contribution in [0.2, 0.25) is 0 Å². The first-order chi connectivity index (χ1) is 33.3. The van der Waals surface area contributed by atoms with Gasteiger partial charge in [0, 0.05) is 42.9 Å². The molecule has 0 unspecified atom stereocenters. The Morgan fingerprint density at radius 1 is 0.743 bits per heavy atom. The summed E-state index contributed by atoms with van der Waals surface area (Å²) in [5, 5.41) is 49.0. The van der Waals surface area contributed by atoms with Crippen molar-refractivity contribution in [2.24, 2.45) is 11.7 Å². The van der Waals surface area contributed by atoms with E-state index in [1.54, 1.807) is 68.6 Å². The molecular formula is C47H62N10O13. The lowest BCUT2D eigenvalue weighted by molar-refractivity contribution is -0.144. The fourth-order valence-electron chi connectivity index (χ4n) is 8.39. The Bertz CT molecular complexity index is 2410. The van der Waals surface area contributed by atoms with Crippen molar-refractivity contribution in [2.75, 3.05) is 13.2 Å². The summed E-state index contributed by atoms with van der Waals surface area (Å²) in [7, 11) is 0. The molecule has 378 valence electrons. The predicted molar refractivity (Wildman–Crippen MR) is 249 cm³/mol. The number of carboxylic acid groups (broad SMARTS) is 1. The van der Waals surface area contributed by atoms with Gasteiger partial charge in [0.05, 0.1) is 19.1 Å². The molecule has 13 N–H and O–H groups in total. The number of rotatable bonds is 24. The molecule has 70 heavy (non-hydrogen) atoms. The van der Waals surface area contributed by atoms with Crippen LogP contribution in [-0.4, -0.2) is 152 Å². The van der Waals surface area contributed by atoms with Crippen LogP contribution < -0.4 is 43.0 Å². The quantitative estimate of drug-likeness (QED) is 0.0443. The van der Waals surface area contributed by atoms with Crippen LogP contribution in [0.3, 0.4) is 0 Å². The first-order valence-electron chi connectivity index (χ1n) is 23.1. The van der Waals surface area contributed by atoms with Crippen LogP contribution in [0.4, 0.5) is 0 Å². The highest BCUT2D eigenvalue weighted by Crippen LogP contribution is 2.21. The van der Waals surface area contributed by atoms with Crippen molar-refractivity contribution in [1.29, 1.82) is 0 Å². The van der Waals surface area contributed by atoms with Crippen molar-refractivity contribution in [1.82, 2.24) is 47.1 Å². The van der Waals surface area contributed by atoms with E-state index in [1.807, 2.05) is 6.07 Å². The molecular weight excluding hydrogens is 913 g/mol. The minimum atomic E-state index is -1.72. The van der Waals surface area contributed by atoms with E-state index in [2.05, 4.69) is 42.2 Å². The van der Waals surface area contributed by atoms with Crippen LogP contribution in [0.25, 0.3) is 10.9 Å². The number of hydrogen-bond donors (Lipinski definition) is 12. The molecule has 3 aromatic rings. The molecule has 9 amide bonds. The SMILES string of the molecule is CC(C)C[C@H](NC(=O)[C@@H]1CCC(=O)N1)C(=O)N[C@H](C(=O)N[C@@H](Cc1ccccc1)C(=O)N[C@@H](CO)C(=O)N1CCC[C@H]1C(=O)N[C@@H](CC(=O)O)C(=O)N[C@@H](Cc1c[nH]c2ccccc12)C(N)=O)[C@@H](C)O. The number of aliphatic carboxylic acids is 1. The second-order valence-electron chi connectivity index (χ2n) is 17.9. The summed E-state index contributed by atoms with van der Waals surface area (Å²) in [6, 6.07) is 4.39. The molecule has 23 nitrogen and oxygen atoms in total. The van der Waals surface area contributed by atoms with Crippen LogP contribution in [0.1, 0.15) is 70.4 Å². The molecule has 0 radical (unpaired) electrons. The van der Waals surface area contributed by atoms with Gasteiger partial charge in [0.1, 0.15) is 48.3 Å². The van der Waals surface area contributed by atoms with Crippen molar-refractivity contribution in [2.45, 2.75) is 127 Å². The number of nitrogens with one attached hydrogen (secondary N) is 8. The molecule has 5 rings (SSSR count). The number of H-pyrrole nitrogens is 1. The molecule has 1 aromatic heterocycles. The zero-order chi connectivity index (χ0) is 51.2. The van der Waals surface area contributed by atoms with Crippen molar-refractivity contribution < 1.29 is 63.3 Å². The van der Waals surface area contributed by atoms with E-state index >= 15 is 0 Å². The third-order valence-electron chi connectivity index (χ3n) is 12.0. The number of aromatic amines is 1. The number of carbonyl (C=O) groups is 10. The normalized spacial score (nSPS) is 18.5. The Labute approximate surface area is 402 Å². The van der Waals surface area contributed by atoms with Crippen LogP contribution in [0.15, 0.2) is 60.8 Å². The first-order valence-corrected chi connectivity index (χ1v) is 23.1. The predicted octanol–water partition coefficient (Wildman–Crippen LogP) is -2.49. The van der Waals surface area contributed by atoms with Crippen LogP contribution >= 0.6 is 0 Å². The molecule has 0 saturated carbocycles.